The molecule has 0 spiro atoms. The Labute approximate surface area is 476 Å². The minimum absolute atomic E-state index is 0.000259. The first-order chi connectivity index (χ1) is 39.1. The molecule has 0 radical (unpaired) electrons. The van der Waals surface area contributed by atoms with Gasteiger partial charge in [0.25, 0.3) is 5.56 Å². The maximum Gasteiger partial charge on any atom is 0.409 e. The second-order valence-electron chi connectivity index (χ2n) is 20.0. The summed E-state index contributed by atoms with van der Waals surface area (Å²) in [6, 6.07) is 22.8. The van der Waals surface area contributed by atoms with Crippen LogP contribution in [-0.2, 0) is 81.0 Å². The lowest BCUT2D eigenvalue weighted by atomic mass is 9.80. The molecule has 6 rings (SSSR count). The number of nitrogens with zero attached hydrogens (tertiary/aromatic N) is 2. The normalized spacial score (nSPS) is 21.7. The van der Waals surface area contributed by atoms with Gasteiger partial charge >= 0.3 is 31.3 Å². The Balaban J connectivity index is 1.17. The number of aromatic amines is 1. The van der Waals surface area contributed by atoms with Gasteiger partial charge in [-0.3, -0.25) is 42.6 Å². The average Bonchev–Trinajstić information content (AvgIpc) is 2.63. The molecule has 82 heavy (non-hydrogen) atoms. The number of benzene rings is 3. The molecule has 1 unspecified atom stereocenters. The van der Waals surface area contributed by atoms with Crippen molar-refractivity contribution in [2.75, 3.05) is 67.1 Å². The molecule has 3 heterocycles. The van der Waals surface area contributed by atoms with Crippen LogP contribution in [-0.4, -0.2) is 160 Å². The Morgan fingerprint density at radius 1 is 0.720 bits per heavy atom. The summed E-state index contributed by atoms with van der Waals surface area (Å²) in [5.74, 6) is -1.38. The van der Waals surface area contributed by atoms with Gasteiger partial charge in [-0.2, -0.15) is 0 Å². The fraction of sp³-hybridized carbons (Fsp3) is 0.544. The third-order valence-electron chi connectivity index (χ3n) is 13.3. The van der Waals surface area contributed by atoms with E-state index < -0.39 is 97.5 Å². The summed E-state index contributed by atoms with van der Waals surface area (Å²) in [6.07, 6.45) is -6.58. The number of carbonyl (C=O) groups excluding carboxylic acids is 4. The van der Waals surface area contributed by atoms with Crippen LogP contribution in [0.4, 0.5) is 0 Å². The van der Waals surface area contributed by atoms with Gasteiger partial charge in [0.1, 0.15) is 54.3 Å². The number of esters is 3. The molecule has 2 aliphatic rings. The molecule has 0 bridgehead atoms. The van der Waals surface area contributed by atoms with Gasteiger partial charge in [-0.25, -0.2) is 14.0 Å². The number of aryl methyl sites for hydroxylation is 1. The molecule has 2 N–H and O–H groups in total. The smallest absolute Gasteiger partial charge is 0.409 e. The Morgan fingerprint density at radius 2 is 1.27 bits per heavy atom. The number of hydrogen-bond acceptors (Lipinski definition) is 20. The lowest BCUT2D eigenvalue weighted by molar-refractivity contribution is -0.279. The van der Waals surface area contributed by atoms with Crippen molar-refractivity contribution in [3.05, 3.63) is 128 Å². The number of amides is 1. The van der Waals surface area contributed by atoms with Crippen LogP contribution in [0.5, 0.6) is 11.5 Å². The number of methoxy groups -OCH3 is 2. The van der Waals surface area contributed by atoms with E-state index in [0.29, 0.717) is 11.5 Å². The first-order valence-corrected chi connectivity index (χ1v) is 28.5. The van der Waals surface area contributed by atoms with Crippen LogP contribution in [0.1, 0.15) is 90.3 Å². The van der Waals surface area contributed by atoms with Crippen LogP contribution in [0.3, 0.4) is 0 Å². The molecule has 3 aromatic carbocycles. The van der Waals surface area contributed by atoms with Crippen molar-refractivity contribution in [1.29, 1.82) is 0 Å². The highest BCUT2D eigenvalue weighted by molar-refractivity contribution is 7.51. The molecule has 9 atom stereocenters. The summed E-state index contributed by atoms with van der Waals surface area (Å²) in [4.78, 5) is 76.7. The molecular weight excluding hydrogens is 1090 g/mol. The number of carbonyl (C=O) groups is 4. The molecule has 450 valence electrons. The zero-order chi connectivity index (χ0) is 59.7. The predicted molar refractivity (Wildman–Crippen MR) is 295 cm³/mol. The number of ether oxygens (including phenoxy) is 11. The highest BCUT2D eigenvalue weighted by Crippen LogP contribution is 2.57. The number of H-pyrrole nitrogens is 1. The van der Waals surface area contributed by atoms with E-state index in [4.69, 9.17) is 61.2 Å². The third-order valence-corrected chi connectivity index (χ3v) is 15.9. The minimum Gasteiger partial charge on any atom is -0.497 e. The van der Waals surface area contributed by atoms with Gasteiger partial charge in [0.05, 0.1) is 60.5 Å². The van der Waals surface area contributed by atoms with Crippen molar-refractivity contribution in [1.82, 2.24) is 19.5 Å². The summed E-state index contributed by atoms with van der Waals surface area (Å²) in [7, 11) is -1.12. The van der Waals surface area contributed by atoms with Gasteiger partial charge in [0.15, 0.2) is 18.5 Å². The molecular formula is C57H77N4O20P. The van der Waals surface area contributed by atoms with E-state index in [1.165, 1.54) is 24.6 Å². The zero-order valence-electron chi connectivity index (χ0n) is 48.2. The summed E-state index contributed by atoms with van der Waals surface area (Å²) >= 11 is 0. The number of nitrogens with one attached hydrogen (secondary N) is 2. The Hall–Kier alpha value is -6.31. The third kappa shape index (κ3) is 16.9. The molecule has 24 nitrogen and oxygen atoms in total. The van der Waals surface area contributed by atoms with Gasteiger partial charge in [-0.05, 0) is 75.6 Å². The lowest BCUT2D eigenvalue weighted by Crippen LogP contribution is -2.66. The van der Waals surface area contributed by atoms with E-state index in [9.17, 15) is 28.8 Å². The summed E-state index contributed by atoms with van der Waals surface area (Å²) < 4.78 is 96.3. The molecule has 0 aliphatic carbocycles. The summed E-state index contributed by atoms with van der Waals surface area (Å²) in [6.45, 7) is 13.0. The highest BCUT2D eigenvalue weighted by atomic mass is 31.2. The van der Waals surface area contributed by atoms with Gasteiger partial charge < -0.3 is 57.4 Å². The molecule has 1 amide bonds. The molecule has 1 aromatic heterocycles. The van der Waals surface area contributed by atoms with E-state index in [-0.39, 0.29) is 76.9 Å². The Bertz CT molecular complexity index is 2830. The second kappa shape index (κ2) is 30.3. The lowest BCUT2D eigenvalue weighted by Gasteiger charge is -2.44. The van der Waals surface area contributed by atoms with E-state index in [1.54, 1.807) is 25.8 Å². The second-order valence-corrected chi connectivity index (χ2v) is 21.9. The molecule has 4 aromatic rings. The Kier molecular flexibility index (Phi) is 24.0. The highest BCUT2D eigenvalue weighted by Gasteiger charge is 2.52. The van der Waals surface area contributed by atoms with Crippen LogP contribution in [0.25, 0.3) is 0 Å². The number of rotatable bonds is 30. The quantitative estimate of drug-likeness (QED) is 0.0215. The molecule has 2 aliphatic heterocycles. The van der Waals surface area contributed by atoms with E-state index in [2.05, 4.69) is 10.3 Å². The van der Waals surface area contributed by atoms with E-state index in [1.807, 2.05) is 107 Å². The number of aromatic nitrogens is 2. The minimum atomic E-state index is -4.29. The van der Waals surface area contributed by atoms with Gasteiger partial charge in [-0.15, -0.1) is 0 Å². The van der Waals surface area contributed by atoms with Crippen LogP contribution in [0.15, 0.2) is 94.6 Å². The maximum atomic E-state index is 15.6. The van der Waals surface area contributed by atoms with Crippen LogP contribution in [0.2, 0.25) is 0 Å². The summed E-state index contributed by atoms with van der Waals surface area (Å²) in [5, 5.41) is 2.64. The average molecular weight is 1170 g/mol. The first-order valence-electron chi connectivity index (χ1n) is 27.0. The molecule has 25 heteroatoms. The molecule has 2 saturated heterocycles. The maximum absolute atomic E-state index is 15.6. The molecule has 2 fully saturated rings. The fourth-order valence-corrected chi connectivity index (χ4v) is 12.2. The zero-order valence-corrected chi connectivity index (χ0v) is 49.1. The van der Waals surface area contributed by atoms with Crippen molar-refractivity contribution in [2.24, 2.45) is 0 Å². The first kappa shape index (κ1) is 64.9. The van der Waals surface area contributed by atoms with Crippen molar-refractivity contribution >= 4 is 31.6 Å². The van der Waals surface area contributed by atoms with Gasteiger partial charge in [-0.1, -0.05) is 54.6 Å². The predicted octanol–water partition coefficient (Wildman–Crippen LogP) is 5.49. The van der Waals surface area contributed by atoms with Crippen LogP contribution >= 0.6 is 7.75 Å². The number of hydrogen-bond donors (Lipinski definition) is 2. The van der Waals surface area contributed by atoms with Crippen molar-refractivity contribution in [3.63, 3.8) is 0 Å². The summed E-state index contributed by atoms with van der Waals surface area (Å²) in [5.41, 5.74) is -0.0182. The van der Waals surface area contributed by atoms with Gasteiger partial charge in [0, 0.05) is 58.0 Å². The van der Waals surface area contributed by atoms with Crippen LogP contribution < -0.4 is 26.0 Å². The SMILES string of the molecule is COc1ccc(C(OC[C@H]2O[C@@H](n3cc(C)c(=O)[nH]c3=O)C[C@@H]2OP(=O)(OCCOCCOCCO[C@@H]2O[C@H](COC(C)=O)[C@H](OC(C)=O)[C@H](OC(C)=O)[C@H]2NC(C)=O)N(C(C)C)C(C)C)(c2ccccc2)c2ccc(OC)cc2)cc1. The molecule has 0 saturated carbocycles. The largest absolute Gasteiger partial charge is 0.497 e. The van der Waals surface area contributed by atoms with E-state index in [0.717, 1.165) is 30.5 Å². The van der Waals surface area contributed by atoms with Crippen molar-refractivity contribution in [3.8, 4) is 11.5 Å². The van der Waals surface area contributed by atoms with E-state index >= 15 is 4.57 Å². The standard InChI is InChI=1S/C57H77N4O20P/c1-35(2)61(36(3)4)82(68,76-30-28-72-26-25-71-27-29-73-55-51(58-38(6)62)53(78-41(9)65)52(77-40(8)64)49(80-55)33-74-39(7)63)81-47-31-50(60-32-37(5)54(66)59-56(60)67)79-48(47)34-75-57(42-15-13-12-14-16-42,43-17-21-45(69-10)22-18-43)44-19-23-46(70-11)24-20-44/h12-24,32,35-36,47-53,55H,25-31,33-34H2,1-11H3,(H,58,62)(H,59,66,67)/t47-,48+,49+,50+,51+,52-,53+,55+,82?/m0/s1. The van der Waals surface area contributed by atoms with Crippen molar-refractivity contribution < 1.29 is 84.9 Å². The Morgan fingerprint density at radius 3 is 1.80 bits per heavy atom. The fourth-order valence-electron chi connectivity index (χ4n) is 9.89. The monoisotopic (exact) mass is 1170 g/mol. The van der Waals surface area contributed by atoms with Gasteiger partial charge in [0.2, 0.25) is 5.91 Å². The van der Waals surface area contributed by atoms with Crippen molar-refractivity contribution in [2.45, 2.75) is 135 Å². The topological polar surface area (TPSA) is 275 Å². The van der Waals surface area contributed by atoms with Crippen LogP contribution in [0, 0.1) is 6.92 Å².